The predicted molar refractivity (Wildman–Crippen MR) is 124 cm³/mol. The van der Waals surface area contributed by atoms with Crippen LogP contribution in [0.4, 0.5) is 14.9 Å². The second-order valence-corrected chi connectivity index (χ2v) is 7.98. The van der Waals surface area contributed by atoms with Crippen molar-refractivity contribution >= 4 is 28.9 Å². The van der Waals surface area contributed by atoms with E-state index in [9.17, 15) is 9.18 Å². The van der Waals surface area contributed by atoms with E-state index in [1.54, 1.807) is 36.4 Å². The number of nitrogens with one attached hydrogen (secondary N) is 1. The maximum absolute atomic E-state index is 13.7. The Labute approximate surface area is 194 Å². The smallest absolute Gasteiger partial charge is 0.326 e. The molecule has 8 heteroatoms. The molecule has 0 saturated carbocycles. The number of anilines is 1. The number of carbonyl (C=O) groups excluding carboxylic acids is 1. The fraction of sp³-hybridized carbons (Fsp3) is 0.0800. The topological polar surface area (TPSA) is 71.3 Å². The molecule has 3 aromatic carbocycles. The second-order valence-electron chi connectivity index (χ2n) is 7.54. The zero-order valence-corrected chi connectivity index (χ0v) is 18.3. The van der Waals surface area contributed by atoms with Crippen LogP contribution in [0.2, 0.25) is 5.02 Å². The fourth-order valence-electron chi connectivity index (χ4n) is 3.92. The van der Waals surface area contributed by atoms with E-state index in [-0.39, 0.29) is 17.7 Å². The molecule has 5 rings (SSSR count). The van der Waals surface area contributed by atoms with E-state index in [2.05, 4.69) is 15.5 Å². The number of benzene rings is 3. The highest BCUT2D eigenvalue weighted by atomic mass is 35.5. The average Bonchev–Trinajstić information content (AvgIpc) is 3.29. The zero-order chi connectivity index (χ0) is 22.9. The minimum absolute atomic E-state index is 0.229. The summed E-state index contributed by atoms with van der Waals surface area (Å²) in [5, 5.41) is 7.60. The van der Waals surface area contributed by atoms with Crippen LogP contribution in [0, 0.1) is 5.82 Å². The van der Waals surface area contributed by atoms with Gasteiger partial charge in [-0.2, -0.15) is 4.98 Å². The van der Waals surface area contributed by atoms with Crippen LogP contribution in [0.25, 0.3) is 17.0 Å². The van der Waals surface area contributed by atoms with E-state index >= 15 is 0 Å². The molecule has 33 heavy (non-hydrogen) atoms. The Kier molecular flexibility index (Phi) is 5.40. The molecule has 0 fully saturated rings. The van der Waals surface area contributed by atoms with Crippen LogP contribution in [0.15, 0.2) is 89.1 Å². The highest BCUT2D eigenvalue weighted by molar-refractivity contribution is 6.31. The average molecular weight is 461 g/mol. The van der Waals surface area contributed by atoms with Crippen molar-refractivity contribution in [2.45, 2.75) is 13.0 Å². The molecule has 0 radical (unpaired) electrons. The van der Waals surface area contributed by atoms with Gasteiger partial charge in [-0.1, -0.05) is 65.3 Å². The molecule has 1 unspecified atom stereocenters. The minimum Gasteiger partial charge on any atom is -0.334 e. The number of nitrogens with zero attached hydrogens (tertiary/aromatic N) is 3. The summed E-state index contributed by atoms with van der Waals surface area (Å²) in [5.41, 5.74) is 3.20. The molecule has 1 aliphatic rings. The lowest BCUT2D eigenvalue weighted by atomic mass is 9.94. The molecule has 0 saturated heterocycles. The first-order valence-electron chi connectivity index (χ1n) is 10.2. The summed E-state index contributed by atoms with van der Waals surface area (Å²) in [6.07, 6.45) is 0. The lowest BCUT2D eigenvalue weighted by Gasteiger charge is -2.35. The number of halogens is 2. The van der Waals surface area contributed by atoms with Gasteiger partial charge in [-0.15, -0.1) is 0 Å². The predicted octanol–water partition coefficient (Wildman–Crippen LogP) is 6.23. The molecule has 4 aromatic rings. The molecule has 2 amide bonds. The monoisotopic (exact) mass is 460 g/mol. The molecule has 0 spiro atoms. The van der Waals surface area contributed by atoms with Gasteiger partial charge in [0.25, 0.3) is 5.89 Å². The molecule has 1 atom stereocenters. The lowest BCUT2D eigenvalue weighted by Crippen LogP contribution is -2.46. The molecule has 164 valence electrons. The summed E-state index contributed by atoms with van der Waals surface area (Å²) in [4.78, 5) is 19.2. The Hall–Kier alpha value is -3.97. The van der Waals surface area contributed by atoms with Crippen molar-refractivity contribution in [3.8, 4) is 11.4 Å². The maximum Gasteiger partial charge on any atom is 0.326 e. The van der Waals surface area contributed by atoms with Gasteiger partial charge in [0.05, 0.1) is 17.3 Å². The summed E-state index contributed by atoms with van der Waals surface area (Å²) in [6.45, 7) is 1.82. The Morgan fingerprint density at radius 3 is 2.58 bits per heavy atom. The third-order valence-electron chi connectivity index (χ3n) is 5.42. The Morgan fingerprint density at radius 2 is 1.82 bits per heavy atom. The van der Waals surface area contributed by atoms with E-state index < -0.39 is 11.9 Å². The summed E-state index contributed by atoms with van der Waals surface area (Å²) in [7, 11) is 0. The van der Waals surface area contributed by atoms with E-state index in [4.69, 9.17) is 16.1 Å². The van der Waals surface area contributed by atoms with Crippen molar-refractivity contribution in [2.75, 3.05) is 4.90 Å². The molecule has 1 aliphatic heterocycles. The fourth-order valence-corrected chi connectivity index (χ4v) is 4.10. The van der Waals surface area contributed by atoms with Gasteiger partial charge in [-0.05, 0) is 42.8 Å². The van der Waals surface area contributed by atoms with Crippen LogP contribution in [-0.2, 0) is 0 Å². The van der Waals surface area contributed by atoms with Crippen LogP contribution in [0.1, 0.15) is 24.4 Å². The molecule has 6 nitrogen and oxygen atoms in total. The normalized spacial score (nSPS) is 16.2. The first-order valence-corrected chi connectivity index (χ1v) is 10.6. The van der Waals surface area contributed by atoms with Crippen molar-refractivity contribution in [3.05, 3.63) is 107 Å². The van der Waals surface area contributed by atoms with Crippen molar-refractivity contribution < 1.29 is 13.7 Å². The summed E-state index contributed by atoms with van der Waals surface area (Å²) < 4.78 is 19.3. The highest BCUT2D eigenvalue weighted by Gasteiger charge is 2.36. The van der Waals surface area contributed by atoms with Gasteiger partial charge in [0.15, 0.2) is 0 Å². The van der Waals surface area contributed by atoms with Crippen molar-refractivity contribution in [2.24, 2.45) is 0 Å². The zero-order valence-electron chi connectivity index (χ0n) is 17.5. The van der Waals surface area contributed by atoms with E-state index in [0.717, 1.165) is 5.56 Å². The van der Waals surface area contributed by atoms with Crippen LogP contribution in [0.5, 0.6) is 0 Å². The van der Waals surface area contributed by atoms with Crippen molar-refractivity contribution in [1.82, 2.24) is 15.5 Å². The van der Waals surface area contributed by atoms with Gasteiger partial charge >= 0.3 is 6.03 Å². The Balaban J connectivity index is 1.66. The van der Waals surface area contributed by atoms with Gasteiger partial charge in [-0.3, -0.25) is 4.90 Å². The summed E-state index contributed by atoms with van der Waals surface area (Å²) >= 11 is 6.18. The number of hydrogen-bond donors (Lipinski definition) is 1. The number of rotatable bonds is 4. The molecular formula is C25H18ClFN4O2. The third-order valence-corrected chi connectivity index (χ3v) is 5.66. The summed E-state index contributed by atoms with van der Waals surface area (Å²) in [6, 6.07) is 21.7. The van der Waals surface area contributed by atoms with Gasteiger partial charge in [0.2, 0.25) is 5.82 Å². The SMILES string of the molecule is CC1=C(c2nc(-c3cccc(F)c3)no2)C(c2ccccc2)NC(=O)N1c1cccc(Cl)c1. The van der Waals surface area contributed by atoms with Crippen molar-refractivity contribution in [3.63, 3.8) is 0 Å². The number of carbonyl (C=O) groups is 1. The van der Waals surface area contributed by atoms with Crippen LogP contribution < -0.4 is 10.2 Å². The van der Waals surface area contributed by atoms with E-state index in [1.165, 1.54) is 17.0 Å². The standard InChI is InChI=1S/C25H18ClFN4O2/c1-15-21(24-29-23(30-33-24)17-9-5-11-19(27)13-17)22(16-7-3-2-4-8-16)28-25(32)31(15)20-12-6-10-18(26)14-20/h2-14,22H,1H3,(H,28,32). The number of amides is 2. The van der Waals surface area contributed by atoms with Crippen LogP contribution in [0.3, 0.4) is 0 Å². The Morgan fingerprint density at radius 1 is 1.03 bits per heavy atom. The number of hydrogen-bond acceptors (Lipinski definition) is 4. The largest absolute Gasteiger partial charge is 0.334 e. The molecule has 0 bridgehead atoms. The second kappa shape index (κ2) is 8.52. The lowest BCUT2D eigenvalue weighted by molar-refractivity contribution is 0.244. The first-order chi connectivity index (χ1) is 16.0. The molecule has 2 heterocycles. The summed E-state index contributed by atoms with van der Waals surface area (Å²) in [5.74, 6) is 0.0870. The molecule has 1 N–H and O–H groups in total. The molecular weight excluding hydrogens is 443 g/mol. The number of aromatic nitrogens is 2. The number of urea groups is 1. The third kappa shape index (κ3) is 3.99. The maximum atomic E-state index is 13.7. The van der Waals surface area contributed by atoms with Gasteiger partial charge < -0.3 is 9.84 Å². The highest BCUT2D eigenvalue weighted by Crippen LogP contribution is 2.39. The van der Waals surface area contributed by atoms with Crippen LogP contribution in [-0.4, -0.2) is 16.2 Å². The van der Waals surface area contributed by atoms with Crippen LogP contribution >= 0.6 is 11.6 Å². The van der Waals surface area contributed by atoms with Crippen molar-refractivity contribution in [1.29, 1.82) is 0 Å². The van der Waals surface area contributed by atoms with Gasteiger partial charge in [-0.25, -0.2) is 9.18 Å². The number of allylic oxidation sites excluding steroid dienone is 1. The minimum atomic E-state index is -0.519. The molecule has 0 aliphatic carbocycles. The van der Waals surface area contributed by atoms with Gasteiger partial charge in [0.1, 0.15) is 5.82 Å². The van der Waals surface area contributed by atoms with E-state index in [1.807, 2.05) is 37.3 Å². The quantitative estimate of drug-likeness (QED) is 0.392. The van der Waals surface area contributed by atoms with Gasteiger partial charge in [0, 0.05) is 16.3 Å². The van der Waals surface area contributed by atoms with E-state index in [0.29, 0.717) is 27.5 Å². The molecule has 1 aromatic heterocycles. The Bertz CT molecular complexity index is 1370. The first kappa shape index (κ1) is 20.9.